The molecule has 1 fully saturated rings. The number of nitrogens with one attached hydrogen (secondary N) is 1. The molecule has 14 heavy (non-hydrogen) atoms. The highest BCUT2D eigenvalue weighted by molar-refractivity contribution is 5.94. The lowest BCUT2D eigenvalue weighted by molar-refractivity contribution is 0.0999. The van der Waals surface area contributed by atoms with Crippen molar-refractivity contribution < 1.29 is 4.79 Å². The SMILES string of the molecule is NC(=O)c1ccccc1[C@H]1CCCN1. The molecule has 0 aromatic heterocycles. The van der Waals surface area contributed by atoms with Crippen LogP contribution in [0.5, 0.6) is 0 Å². The molecule has 0 saturated carbocycles. The maximum atomic E-state index is 11.2. The second-order valence-electron chi connectivity index (χ2n) is 3.60. The summed E-state index contributed by atoms with van der Waals surface area (Å²) in [5.74, 6) is -0.339. The zero-order valence-corrected chi connectivity index (χ0v) is 7.99. The summed E-state index contributed by atoms with van der Waals surface area (Å²) in [6, 6.07) is 7.86. The fourth-order valence-corrected chi connectivity index (χ4v) is 1.98. The van der Waals surface area contributed by atoms with Crippen molar-refractivity contribution in [3.63, 3.8) is 0 Å². The van der Waals surface area contributed by atoms with E-state index in [1.165, 1.54) is 0 Å². The number of nitrogens with two attached hydrogens (primary N) is 1. The molecule has 1 saturated heterocycles. The van der Waals surface area contributed by atoms with E-state index in [2.05, 4.69) is 5.32 Å². The van der Waals surface area contributed by atoms with Crippen LogP contribution in [0.1, 0.15) is 34.8 Å². The van der Waals surface area contributed by atoms with Gasteiger partial charge in [-0.2, -0.15) is 0 Å². The van der Waals surface area contributed by atoms with Crippen molar-refractivity contribution in [2.24, 2.45) is 5.73 Å². The van der Waals surface area contributed by atoms with Gasteiger partial charge in [-0.3, -0.25) is 4.79 Å². The fraction of sp³-hybridized carbons (Fsp3) is 0.364. The normalized spacial score (nSPS) is 21.0. The minimum Gasteiger partial charge on any atom is -0.366 e. The van der Waals surface area contributed by atoms with Gasteiger partial charge in [-0.05, 0) is 31.0 Å². The van der Waals surface area contributed by atoms with Gasteiger partial charge in [-0.1, -0.05) is 18.2 Å². The van der Waals surface area contributed by atoms with Crippen LogP contribution in [0.3, 0.4) is 0 Å². The molecule has 0 unspecified atom stereocenters. The van der Waals surface area contributed by atoms with Crippen LogP contribution in [0.25, 0.3) is 0 Å². The van der Waals surface area contributed by atoms with Crippen LogP contribution >= 0.6 is 0 Å². The van der Waals surface area contributed by atoms with Gasteiger partial charge in [0.2, 0.25) is 5.91 Å². The van der Waals surface area contributed by atoms with E-state index in [-0.39, 0.29) is 5.91 Å². The molecular weight excluding hydrogens is 176 g/mol. The van der Waals surface area contributed by atoms with Gasteiger partial charge in [0, 0.05) is 11.6 Å². The van der Waals surface area contributed by atoms with Crippen molar-refractivity contribution in [3.8, 4) is 0 Å². The molecule has 0 bridgehead atoms. The molecule has 3 N–H and O–H groups in total. The standard InChI is InChI=1S/C11H14N2O/c12-11(14)9-5-2-1-4-8(9)10-6-3-7-13-10/h1-2,4-5,10,13H,3,6-7H2,(H2,12,14)/t10-/m1/s1. The molecule has 2 rings (SSSR count). The van der Waals surface area contributed by atoms with E-state index >= 15 is 0 Å². The molecule has 1 atom stereocenters. The van der Waals surface area contributed by atoms with E-state index in [1.807, 2.05) is 18.2 Å². The maximum absolute atomic E-state index is 11.2. The van der Waals surface area contributed by atoms with Gasteiger partial charge in [-0.25, -0.2) is 0 Å². The summed E-state index contributed by atoms with van der Waals surface area (Å²) in [5, 5.41) is 3.36. The van der Waals surface area contributed by atoms with E-state index in [0.717, 1.165) is 24.9 Å². The average Bonchev–Trinajstić information content (AvgIpc) is 2.70. The quantitative estimate of drug-likeness (QED) is 0.736. The van der Waals surface area contributed by atoms with Crippen LogP contribution < -0.4 is 11.1 Å². The molecule has 3 heteroatoms. The fourth-order valence-electron chi connectivity index (χ4n) is 1.98. The van der Waals surface area contributed by atoms with Gasteiger partial charge in [-0.15, -0.1) is 0 Å². The van der Waals surface area contributed by atoms with Crippen LogP contribution in [0.4, 0.5) is 0 Å². The molecule has 1 aliphatic rings. The topological polar surface area (TPSA) is 55.1 Å². The lowest BCUT2D eigenvalue weighted by Gasteiger charge is -2.13. The average molecular weight is 190 g/mol. The Morgan fingerprint density at radius 3 is 2.86 bits per heavy atom. The van der Waals surface area contributed by atoms with Gasteiger partial charge in [0.15, 0.2) is 0 Å². The number of primary amides is 1. The van der Waals surface area contributed by atoms with Crippen LogP contribution in [0.2, 0.25) is 0 Å². The van der Waals surface area contributed by atoms with E-state index < -0.39 is 0 Å². The Bertz CT molecular complexity index is 343. The summed E-state index contributed by atoms with van der Waals surface area (Å²) in [4.78, 5) is 11.2. The second kappa shape index (κ2) is 3.80. The summed E-state index contributed by atoms with van der Waals surface area (Å²) in [7, 11) is 0. The monoisotopic (exact) mass is 190 g/mol. The number of rotatable bonds is 2. The molecule has 1 heterocycles. The van der Waals surface area contributed by atoms with Crippen LogP contribution in [0.15, 0.2) is 24.3 Å². The maximum Gasteiger partial charge on any atom is 0.249 e. The van der Waals surface area contributed by atoms with Crippen molar-refractivity contribution in [1.82, 2.24) is 5.32 Å². The highest BCUT2D eigenvalue weighted by Gasteiger charge is 2.20. The summed E-state index contributed by atoms with van der Waals surface area (Å²) < 4.78 is 0. The first-order valence-electron chi connectivity index (χ1n) is 4.91. The molecule has 0 aliphatic carbocycles. The third kappa shape index (κ3) is 1.63. The molecule has 3 nitrogen and oxygen atoms in total. The number of amides is 1. The Kier molecular flexibility index (Phi) is 2.50. The first-order valence-corrected chi connectivity index (χ1v) is 4.91. The summed E-state index contributed by atoms with van der Waals surface area (Å²) in [6.07, 6.45) is 2.25. The molecule has 74 valence electrons. The highest BCUT2D eigenvalue weighted by Crippen LogP contribution is 2.25. The third-order valence-electron chi connectivity index (χ3n) is 2.66. The minimum atomic E-state index is -0.339. The Morgan fingerprint density at radius 1 is 1.43 bits per heavy atom. The Balaban J connectivity index is 2.35. The predicted octanol–water partition coefficient (Wildman–Crippen LogP) is 1.21. The third-order valence-corrected chi connectivity index (χ3v) is 2.66. The van der Waals surface area contributed by atoms with Gasteiger partial charge < -0.3 is 11.1 Å². The Labute approximate surface area is 83.3 Å². The molecule has 1 aliphatic heterocycles. The van der Waals surface area contributed by atoms with E-state index in [0.29, 0.717) is 11.6 Å². The molecule has 1 aromatic rings. The summed E-state index contributed by atoms with van der Waals surface area (Å²) >= 11 is 0. The Morgan fingerprint density at radius 2 is 2.21 bits per heavy atom. The van der Waals surface area contributed by atoms with E-state index in [4.69, 9.17) is 5.73 Å². The molecular formula is C11H14N2O. The molecule has 1 aromatic carbocycles. The number of hydrogen-bond donors (Lipinski definition) is 2. The first kappa shape index (κ1) is 9.21. The number of hydrogen-bond acceptors (Lipinski definition) is 2. The largest absolute Gasteiger partial charge is 0.366 e. The van der Waals surface area contributed by atoms with E-state index in [9.17, 15) is 4.79 Å². The van der Waals surface area contributed by atoms with Crippen molar-refractivity contribution in [2.45, 2.75) is 18.9 Å². The van der Waals surface area contributed by atoms with Gasteiger partial charge >= 0.3 is 0 Å². The second-order valence-corrected chi connectivity index (χ2v) is 3.60. The number of carbonyl (C=O) groups is 1. The molecule has 0 spiro atoms. The van der Waals surface area contributed by atoms with Crippen molar-refractivity contribution in [2.75, 3.05) is 6.54 Å². The first-order chi connectivity index (χ1) is 6.79. The van der Waals surface area contributed by atoms with Crippen molar-refractivity contribution in [1.29, 1.82) is 0 Å². The van der Waals surface area contributed by atoms with Gasteiger partial charge in [0.05, 0.1) is 0 Å². The molecule has 1 amide bonds. The minimum absolute atomic E-state index is 0.304. The number of benzene rings is 1. The summed E-state index contributed by atoms with van der Waals surface area (Å²) in [6.45, 7) is 1.03. The zero-order chi connectivity index (χ0) is 9.97. The van der Waals surface area contributed by atoms with Crippen molar-refractivity contribution >= 4 is 5.91 Å². The van der Waals surface area contributed by atoms with Crippen LogP contribution in [-0.2, 0) is 0 Å². The van der Waals surface area contributed by atoms with Gasteiger partial charge in [0.25, 0.3) is 0 Å². The zero-order valence-electron chi connectivity index (χ0n) is 7.99. The Hall–Kier alpha value is -1.35. The highest BCUT2D eigenvalue weighted by atomic mass is 16.1. The predicted molar refractivity (Wildman–Crippen MR) is 54.9 cm³/mol. The molecule has 0 radical (unpaired) electrons. The summed E-state index contributed by atoms with van der Waals surface area (Å²) in [5.41, 5.74) is 7.00. The smallest absolute Gasteiger partial charge is 0.249 e. The van der Waals surface area contributed by atoms with Crippen molar-refractivity contribution in [3.05, 3.63) is 35.4 Å². The van der Waals surface area contributed by atoms with E-state index in [1.54, 1.807) is 6.07 Å². The number of carbonyl (C=O) groups excluding carboxylic acids is 1. The van der Waals surface area contributed by atoms with Crippen LogP contribution in [0, 0.1) is 0 Å². The van der Waals surface area contributed by atoms with Gasteiger partial charge in [0.1, 0.15) is 0 Å². The lowest BCUT2D eigenvalue weighted by Crippen LogP contribution is -2.19. The van der Waals surface area contributed by atoms with Crippen LogP contribution in [-0.4, -0.2) is 12.5 Å². The lowest BCUT2D eigenvalue weighted by atomic mass is 9.99.